The molecular formula is C18H19ClO2S. The Morgan fingerprint density at radius 2 is 1.91 bits per heavy atom. The molecule has 2 nitrogen and oxygen atoms in total. The fraction of sp³-hybridized carbons (Fsp3) is 0.278. The molecule has 0 aliphatic heterocycles. The molecule has 4 heteroatoms. The van der Waals surface area contributed by atoms with E-state index in [1.165, 1.54) is 5.56 Å². The lowest BCUT2D eigenvalue weighted by Crippen LogP contribution is -2.14. The van der Waals surface area contributed by atoms with E-state index in [1.807, 2.05) is 50.2 Å². The average molecular weight is 335 g/mol. The second kappa shape index (κ2) is 8.25. The largest absolute Gasteiger partial charge is 0.463 e. The maximum absolute atomic E-state index is 11.9. The lowest BCUT2D eigenvalue weighted by Gasteiger charge is -2.11. The molecule has 0 bridgehead atoms. The van der Waals surface area contributed by atoms with E-state index < -0.39 is 0 Å². The van der Waals surface area contributed by atoms with Crippen molar-refractivity contribution in [2.75, 3.05) is 0 Å². The lowest BCUT2D eigenvalue weighted by molar-refractivity contribution is -0.146. The minimum absolute atomic E-state index is 0.105. The van der Waals surface area contributed by atoms with Gasteiger partial charge in [-0.05, 0) is 43.2 Å². The van der Waals surface area contributed by atoms with Gasteiger partial charge in [-0.3, -0.25) is 4.79 Å². The van der Waals surface area contributed by atoms with Crippen molar-refractivity contribution in [3.63, 3.8) is 0 Å². The number of rotatable bonds is 6. The normalized spacial score (nSPS) is 10.7. The Kier molecular flexibility index (Phi) is 6.34. The molecule has 0 saturated carbocycles. The van der Waals surface area contributed by atoms with Crippen LogP contribution in [0.1, 0.15) is 25.0 Å². The number of hydrogen-bond donors (Lipinski definition) is 0. The number of hydrogen-bond acceptors (Lipinski definition) is 3. The fourth-order valence-electron chi connectivity index (χ4n) is 2.02. The van der Waals surface area contributed by atoms with Crippen LogP contribution >= 0.6 is 23.4 Å². The summed E-state index contributed by atoms with van der Waals surface area (Å²) < 4.78 is 5.22. The molecule has 116 valence electrons. The molecule has 0 amide bonds. The fourth-order valence-corrected chi connectivity index (χ4v) is 3.21. The van der Waals surface area contributed by atoms with Crippen molar-refractivity contribution in [3.05, 3.63) is 64.7 Å². The van der Waals surface area contributed by atoms with Crippen molar-refractivity contribution in [1.82, 2.24) is 0 Å². The molecule has 0 aromatic heterocycles. The second-order valence-corrected chi connectivity index (χ2v) is 6.70. The third-order valence-electron chi connectivity index (χ3n) is 2.96. The number of thioether (sulfide) groups is 1. The molecule has 0 atom stereocenters. The van der Waals surface area contributed by atoms with Crippen molar-refractivity contribution < 1.29 is 9.53 Å². The summed E-state index contributed by atoms with van der Waals surface area (Å²) in [5.41, 5.74) is 2.16. The summed E-state index contributed by atoms with van der Waals surface area (Å²) in [6.07, 6.45) is 0.141. The Hall–Kier alpha value is -1.45. The van der Waals surface area contributed by atoms with E-state index in [2.05, 4.69) is 12.1 Å². The van der Waals surface area contributed by atoms with Gasteiger partial charge < -0.3 is 4.74 Å². The van der Waals surface area contributed by atoms with Crippen LogP contribution in [0.4, 0.5) is 0 Å². The molecule has 22 heavy (non-hydrogen) atoms. The summed E-state index contributed by atoms with van der Waals surface area (Å²) in [4.78, 5) is 12.9. The van der Waals surface area contributed by atoms with Gasteiger partial charge in [0.2, 0.25) is 0 Å². The van der Waals surface area contributed by atoms with Crippen molar-refractivity contribution in [3.8, 4) is 0 Å². The number of esters is 1. The van der Waals surface area contributed by atoms with E-state index in [0.717, 1.165) is 16.2 Å². The molecule has 0 N–H and O–H groups in total. The van der Waals surface area contributed by atoms with Crippen LogP contribution in [0.15, 0.2) is 53.4 Å². The average Bonchev–Trinajstić information content (AvgIpc) is 2.46. The summed E-state index contributed by atoms with van der Waals surface area (Å²) in [5, 5.41) is 0.636. The van der Waals surface area contributed by atoms with Crippen LogP contribution in [0.3, 0.4) is 0 Å². The van der Waals surface area contributed by atoms with Crippen LogP contribution < -0.4 is 0 Å². The monoisotopic (exact) mass is 334 g/mol. The van der Waals surface area contributed by atoms with Gasteiger partial charge in [-0.15, -0.1) is 11.8 Å². The number of carbonyl (C=O) groups excluding carboxylic acids is 1. The maximum Gasteiger partial charge on any atom is 0.310 e. The van der Waals surface area contributed by atoms with E-state index in [4.69, 9.17) is 16.3 Å². The Labute approximate surface area is 140 Å². The molecule has 0 saturated heterocycles. The minimum Gasteiger partial charge on any atom is -0.463 e. The van der Waals surface area contributed by atoms with Crippen LogP contribution in [0.25, 0.3) is 0 Å². The van der Waals surface area contributed by atoms with Crippen LogP contribution in [-0.4, -0.2) is 12.1 Å². The molecule has 2 rings (SSSR count). The van der Waals surface area contributed by atoms with Crippen molar-refractivity contribution in [1.29, 1.82) is 0 Å². The van der Waals surface area contributed by atoms with Gasteiger partial charge in [0, 0.05) is 15.7 Å². The van der Waals surface area contributed by atoms with Crippen LogP contribution in [-0.2, 0) is 21.7 Å². The first-order valence-corrected chi connectivity index (χ1v) is 8.55. The van der Waals surface area contributed by atoms with Crippen LogP contribution in [0, 0.1) is 0 Å². The highest BCUT2D eigenvalue weighted by atomic mass is 35.5. The Balaban J connectivity index is 2.08. The van der Waals surface area contributed by atoms with Gasteiger partial charge in [0.1, 0.15) is 0 Å². The van der Waals surface area contributed by atoms with Gasteiger partial charge in [0.15, 0.2) is 0 Å². The Morgan fingerprint density at radius 3 is 2.59 bits per heavy atom. The molecular weight excluding hydrogens is 316 g/mol. The molecule has 0 radical (unpaired) electrons. The molecule has 0 aliphatic carbocycles. The third-order valence-corrected chi connectivity index (χ3v) is 4.38. The molecule has 0 heterocycles. The quantitative estimate of drug-likeness (QED) is 0.541. The Morgan fingerprint density at radius 1 is 1.18 bits per heavy atom. The zero-order valence-corrected chi connectivity index (χ0v) is 14.3. The van der Waals surface area contributed by atoms with Gasteiger partial charge in [-0.2, -0.15) is 0 Å². The topological polar surface area (TPSA) is 26.3 Å². The predicted molar refractivity (Wildman–Crippen MR) is 92.4 cm³/mol. The first-order chi connectivity index (χ1) is 10.5. The van der Waals surface area contributed by atoms with Gasteiger partial charge in [0.05, 0.1) is 12.5 Å². The van der Waals surface area contributed by atoms with Gasteiger partial charge in [-0.1, -0.05) is 41.9 Å². The summed E-state index contributed by atoms with van der Waals surface area (Å²) in [7, 11) is 0. The van der Waals surface area contributed by atoms with Gasteiger partial charge >= 0.3 is 5.97 Å². The predicted octanol–water partition coefficient (Wildman–Crippen LogP) is 5.13. The number of halogens is 1. The van der Waals surface area contributed by atoms with E-state index in [1.54, 1.807) is 11.8 Å². The number of carbonyl (C=O) groups is 1. The second-order valence-electron chi connectivity index (χ2n) is 5.24. The standard InChI is InChI=1S/C18H19ClO2S/c1-13(2)21-18(20)11-15-10-16(19)8-9-17(15)22-12-14-6-4-3-5-7-14/h3-10,13H,11-12H2,1-2H3. The smallest absolute Gasteiger partial charge is 0.310 e. The summed E-state index contributed by atoms with van der Waals surface area (Å²) >= 11 is 7.77. The maximum atomic E-state index is 11.9. The highest BCUT2D eigenvalue weighted by molar-refractivity contribution is 7.98. The zero-order valence-electron chi connectivity index (χ0n) is 12.7. The summed E-state index contributed by atoms with van der Waals surface area (Å²) in [6.45, 7) is 3.70. The highest BCUT2D eigenvalue weighted by Gasteiger charge is 2.12. The Bertz CT molecular complexity index is 626. The first-order valence-electron chi connectivity index (χ1n) is 7.19. The lowest BCUT2D eigenvalue weighted by atomic mass is 10.1. The summed E-state index contributed by atoms with van der Waals surface area (Å²) in [6, 6.07) is 15.9. The molecule has 2 aromatic rings. The number of ether oxygens (including phenoxy) is 1. The van der Waals surface area contributed by atoms with Gasteiger partial charge in [-0.25, -0.2) is 0 Å². The highest BCUT2D eigenvalue weighted by Crippen LogP contribution is 2.29. The van der Waals surface area contributed by atoms with Gasteiger partial charge in [0.25, 0.3) is 0 Å². The van der Waals surface area contributed by atoms with E-state index >= 15 is 0 Å². The van der Waals surface area contributed by atoms with Crippen LogP contribution in [0.2, 0.25) is 5.02 Å². The number of benzene rings is 2. The third kappa shape index (κ3) is 5.39. The molecule has 0 spiro atoms. The molecule has 0 unspecified atom stereocenters. The van der Waals surface area contributed by atoms with Crippen molar-refractivity contribution in [2.45, 2.75) is 37.0 Å². The van der Waals surface area contributed by atoms with Crippen molar-refractivity contribution >= 4 is 29.3 Å². The molecule has 2 aromatic carbocycles. The molecule has 0 aliphatic rings. The van der Waals surface area contributed by atoms with Crippen molar-refractivity contribution in [2.24, 2.45) is 0 Å². The first kappa shape index (κ1) is 16.9. The SMILES string of the molecule is CC(C)OC(=O)Cc1cc(Cl)ccc1SCc1ccccc1. The summed E-state index contributed by atoms with van der Waals surface area (Å²) in [5.74, 6) is 0.633. The zero-order chi connectivity index (χ0) is 15.9. The van der Waals surface area contributed by atoms with E-state index in [-0.39, 0.29) is 18.5 Å². The van der Waals surface area contributed by atoms with E-state index in [0.29, 0.717) is 5.02 Å². The van der Waals surface area contributed by atoms with Crippen LogP contribution in [0.5, 0.6) is 0 Å². The van der Waals surface area contributed by atoms with E-state index in [9.17, 15) is 4.79 Å². The molecule has 0 fully saturated rings. The minimum atomic E-state index is -0.223.